The number of hydrogen-bond acceptors (Lipinski definition) is 1. The highest BCUT2D eigenvalue weighted by molar-refractivity contribution is 4.20. The Morgan fingerprint density at radius 2 is 3.25 bits per heavy atom. The van der Waals surface area contributed by atoms with Gasteiger partial charge < -0.3 is 5.11 Å². The van der Waals surface area contributed by atoms with Crippen molar-refractivity contribution < 1.29 is 13.3 Å². The van der Waals surface area contributed by atoms with Crippen LogP contribution < -0.4 is 0 Å². The van der Waals surface area contributed by atoms with Crippen molar-refractivity contribution in [1.82, 2.24) is 0 Å². The molecule has 0 saturated heterocycles. The molecule has 1 N–H and O–H groups in total. The van der Waals surface area contributed by atoms with Crippen molar-refractivity contribution in [3.05, 3.63) is 0 Å². The predicted octanol–water partition coefficient (Wildman–Crippen LogP) is 0.387. The molecule has 0 radical (unpaired) electrons. The molecule has 0 aliphatic carbocycles. The molecule has 0 heterocycles. The minimum atomic E-state index is -2.98. The summed E-state index contributed by atoms with van der Waals surface area (Å²) in [7, 11) is 0. The zero-order chi connectivity index (χ0) is 8.58. The molecule has 0 saturated carbocycles. The molecule has 26 valence electrons. The number of rotatable bonds is 0. The summed E-state index contributed by atoms with van der Waals surface area (Å²) >= 11 is 0. The first-order chi connectivity index (χ1) is 4.19. The summed E-state index contributed by atoms with van der Waals surface area (Å²) in [6.07, 6.45) is -2.98. The Balaban J connectivity index is 4.40. The van der Waals surface area contributed by atoms with Gasteiger partial charge in [-0.05, 0) is 13.7 Å². The van der Waals surface area contributed by atoms with Crippen molar-refractivity contribution in [2.24, 2.45) is 0 Å². The van der Waals surface area contributed by atoms with Gasteiger partial charge in [0.2, 0.25) is 0 Å². The topological polar surface area (TPSA) is 20.2 Å². The van der Waals surface area contributed by atoms with Gasteiger partial charge in [-0.25, -0.2) is 0 Å². The van der Waals surface area contributed by atoms with Gasteiger partial charge >= 0.3 is 0 Å². The van der Waals surface area contributed by atoms with Crippen LogP contribution in [-0.4, -0.2) is 11.2 Å². The molecule has 0 aromatic carbocycles. The van der Waals surface area contributed by atoms with Crippen LogP contribution in [0.2, 0.25) is 0 Å². The minimum Gasteiger partial charge on any atom is -0.394 e. The lowest BCUT2D eigenvalue weighted by molar-refractivity contribution is 0.216. The van der Waals surface area contributed by atoms with Gasteiger partial charge in [0, 0.05) is 12.9 Å². The van der Waals surface area contributed by atoms with Gasteiger partial charge in [-0.1, -0.05) is 0 Å². The van der Waals surface area contributed by atoms with E-state index in [-0.39, 0.29) is 0 Å². The standard InChI is InChI=1S/C3H8O/c1-3(2)4/h3-4H,1-2H3/i1D2,2D3,3D. The Bertz CT molecular complexity index is 115. The molecule has 0 aromatic rings. The summed E-state index contributed by atoms with van der Waals surface area (Å²) in [5.41, 5.74) is 0. The van der Waals surface area contributed by atoms with Gasteiger partial charge in [0.15, 0.2) is 0 Å². The summed E-state index contributed by atoms with van der Waals surface area (Å²) in [5.74, 6) is 0. The predicted molar refractivity (Wildman–Crippen MR) is 17.4 cm³/mol. The number of aliphatic hydroxyl groups is 1. The zero-order valence-electron chi connectivity index (χ0n) is 8.02. The van der Waals surface area contributed by atoms with E-state index in [0.717, 1.165) is 0 Å². The fourth-order valence-electron chi connectivity index (χ4n) is 0. The Hall–Kier alpha value is -0.0400. The van der Waals surface area contributed by atoms with Crippen LogP contribution in [0.1, 0.15) is 22.0 Å². The Morgan fingerprint density at radius 3 is 3.25 bits per heavy atom. The third-order valence-corrected chi connectivity index (χ3v) is 0. The molecule has 0 fully saturated rings. The van der Waals surface area contributed by atoms with Crippen LogP contribution in [0.5, 0.6) is 0 Å². The van der Waals surface area contributed by atoms with Crippen molar-refractivity contribution in [3.8, 4) is 0 Å². The first-order valence-electron chi connectivity index (χ1n) is 3.92. The van der Waals surface area contributed by atoms with E-state index in [1.165, 1.54) is 0 Å². The molecule has 0 aromatic heterocycles. The Labute approximate surface area is 34.7 Å². The molecule has 0 aliphatic heterocycles. The van der Waals surface area contributed by atoms with Gasteiger partial charge in [0.05, 0.1) is 1.37 Å². The number of hydrogen-bond donors (Lipinski definition) is 1. The third-order valence-electron chi connectivity index (χ3n) is 0. The van der Waals surface area contributed by atoms with Gasteiger partial charge in [0.1, 0.15) is 0 Å². The van der Waals surface area contributed by atoms with Gasteiger partial charge in [-0.2, -0.15) is 0 Å². The van der Waals surface area contributed by atoms with Gasteiger partial charge in [0.25, 0.3) is 0 Å². The second-order valence-corrected chi connectivity index (χ2v) is 0.385. The highest BCUT2D eigenvalue weighted by Gasteiger charge is 1.69. The van der Waals surface area contributed by atoms with E-state index in [9.17, 15) is 0 Å². The molecule has 0 rings (SSSR count). The summed E-state index contributed by atoms with van der Waals surface area (Å²) in [6, 6.07) is 0. The Kier molecular flexibility index (Phi) is 0.140. The van der Waals surface area contributed by atoms with E-state index in [0.29, 0.717) is 0 Å². The second kappa shape index (κ2) is 1.30. The first-order valence-corrected chi connectivity index (χ1v) is 0.762. The van der Waals surface area contributed by atoms with Crippen molar-refractivity contribution in [2.75, 3.05) is 0 Å². The molecule has 1 heteroatoms. The molecule has 0 bridgehead atoms. The van der Waals surface area contributed by atoms with Crippen molar-refractivity contribution in [2.45, 2.75) is 19.8 Å². The van der Waals surface area contributed by atoms with Crippen LogP contribution in [0.15, 0.2) is 0 Å². The van der Waals surface area contributed by atoms with Crippen LogP contribution in [0.3, 0.4) is 0 Å². The van der Waals surface area contributed by atoms with Gasteiger partial charge in [-0.15, -0.1) is 0 Å². The highest BCUT2D eigenvalue weighted by atomic mass is 16.3. The molecule has 1 nitrogen and oxygen atoms in total. The van der Waals surface area contributed by atoms with Crippen molar-refractivity contribution >= 4 is 0 Å². The summed E-state index contributed by atoms with van der Waals surface area (Å²) < 4.78 is 39.2. The van der Waals surface area contributed by atoms with Crippen LogP contribution >= 0.6 is 0 Å². The molecule has 4 heavy (non-hydrogen) atoms. The fourth-order valence-corrected chi connectivity index (χ4v) is 0. The molecular weight excluding hydrogens is 52.0 g/mol. The lowest BCUT2D eigenvalue weighted by Gasteiger charge is -1.80. The van der Waals surface area contributed by atoms with Crippen LogP contribution in [0, 0.1) is 0 Å². The lowest BCUT2D eigenvalue weighted by atomic mass is 10.5. The quantitative estimate of drug-likeness (QED) is 0.433. The van der Waals surface area contributed by atoms with Crippen molar-refractivity contribution in [3.63, 3.8) is 0 Å². The maximum absolute atomic E-state index is 8.66. The SMILES string of the molecule is [2H]C([2H])C([2H])(O)C([2H])([2H])[2H]. The smallest absolute Gasteiger partial charge is 0.0594 e. The van der Waals surface area contributed by atoms with E-state index in [4.69, 9.17) is 13.3 Å². The van der Waals surface area contributed by atoms with E-state index in [2.05, 4.69) is 0 Å². The fraction of sp³-hybridized carbons (Fsp3) is 1.00. The van der Waals surface area contributed by atoms with E-state index < -0.39 is 19.8 Å². The maximum atomic E-state index is 8.66. The minimum absolute atomic E-state index is 2.08. The maximum Gasteiger partial charge on any atom is 0.0594 e. The van der Waals surface area contributed by atoms with Crippen LogP contribution in [0.25, 0.3) is 0 Å². The summed E-state index contributed by atoms with van der Waals surface area (Å²) in [4.78, 5) is 0. The molecular formula is C3H8O. The largest absolute Gasteiger partial charge is 0.394 e. The average molecular weight is 66.1 g/mol. The second-order valence-electron chi connectivity index (χ2n) is 0.385. The third kappa shape index (κ3) is 1130. The van der Waals surface area contributed by atoms with E-state index >= 15 is 0 Å². The molecule has 0 spiro atoms. The molecule has 1 atom stereocenters. The summed E-state index contributed by atoms with van der Waals surface area (Å²) in [5, 5.41) is 8.66. The van der Waals surface area contributed by atoms with Crippen molar-refractivity contribution in [1.29, 1.82) is 0 Å². The van der Waals surface area contributed by atoms with Crippen LogP contribution in [0.4, 0.5) is 0 Å². The van der Waals surface area contributed by atoms with E-state index in [1.54, 1.807) is 0 Å². The normalized spacial score (nSPS) is 49.5. The zero-order valence-corrected chi connectivity index (χ0v) is 2.02. The molecule has 0 aliphatic rings. The Morgan fingerprint density at radius 1 is 2.50 bits per heavy atom. The van der Waals surface area contributed by atoms with Crippen LogP contribution in [-0.2, 0) is 0 Å². The average Bonchev–Trinajstić information content (AvgIpc) is 1.62. The molecule has 1 unspecified atom stereocenters. The summed E-state index contributed by atoms with van der Waals surface area (Å²) in [6.45, 7) is -5.07. The first kappa shape index (κ1) is 0.432. The lowest BCUT2D eigenvalue weighted by Crippen LogP contribution is -1.85. The monoisotopic (exact) mass is 66.1 g/mol. The highest BCUT2D eigenvalue weighted by Crippen LogP contribution is 1.65. The molecule has 0 amide bonds. The van der Waals surface area contributed by atoms with E-state index in [1.807, 2.05) is 0 Å². The van der Waals surface area contributed by atoms with Gasteiger partial charge in [-0.3, -0.25) is 0 Å².